The zero-order chi connectivity index (χ0) is 16.6. The smallest absolute Gasteiger partial charge is 0.344 e. The zero-order valence-electron chi connectivity index (χ0n) is 13.5. The Kier molecular flexibility index (Phi) is 4.84. The van der Waals surface area contributed by atoms with Gasteiger partial charge >= 0.3 is 5.97 Å². The molecule has 122 valence electrons. The van der Waals surface area contributed by atoms with Crippen LogP contribution in [0, 0.1) is 0 Å². The summed E-state index contributed by atoms with van der Waals surface area (Å²) in [6.07, 6.45) is 0. The highest BCUT2D eigenvalue weighted by molar-refractivity contribution is 9.10. The van der Waals surface area contributed by atoms with Crippen molar-refractivity contribution in [3.63, 3.8) is 0 Å². The van der Waals surface area contributed by atoms with Gasteiger partial charge in [0.05, 0.1) is 13.7 Å². The molecule has 0 spiro atoms. The van der Waals surface area contributed by atoms with Gasteiger partial charge in [0.2, 0.25) is 0 Å². The number of methoxy groups -OCH3 is 1. The van der Waals surface area contributed by atoms with Gasteiger partial charge in [0.1, 0.15) is 10.2 Å². The van der Waals surface area contributed by atoms with Gasteiger partial charge < -0.3 is 18.9 Å². The fraction of sp³-hybridized carbons (Fsp3) is 0.600. The van der Waals surface area contributed by atoms with Gasteiger partial charge in [0.25, 0.3) is 5.91 Å². The van der Waals surface area contributed by atoms with Crippen LogP contribution in [0.1, 0.15) is 54.6 Å². The molecule has 1 amide bonds. The highest BCUT2D eigenvalue weighted by Crippen LogP contribution is 2.40. The molecular weight excluding hydrogens is 352 g/mol. The van der Waals surface area contributed by atoms with Gasteiger partial charge in [-0.1, -0.05) is 0 Å². The molecule has 0 saturated carbocycles. The molecule has 0 N–H and O–H groups in total. The molecule has 1 aromatic rings. The Morgan fingerprint density at radius 1 is 1.45 bits per heavy atom. The number of ether oxygens (including phenoxy) is 2. The van der Waals surface area contributed by atoms with Crippen molar-refractivity contribution >= 4 is 27.8 Å². The topological polar surface area (TPSA) is 60.8 Å². The molecule has 0 aliphatic carbocycles. The van der Waals surface area contributed by atoms with Crippen molar-refractivity contribution in [2.75, 3.05) is 20.3 Å². The molecule has 1 aliphatic heterocycles. The third-order valence-corrected chi connectivity index (χ3v) is 4.55. The van der Waals surface area contributed by atoms with E-state index >= 15 is 0 Å². The molecule has 0 saturated heterocycles. The van der Waals surface area contributed by atoms with Crippen LogP contribution in [-0.2, 0) is 4.74 Å². The van der Waals surface area contributed by atoms with Crippen molar-refractivity contribution in [1.29, 1.82) is 0 Å². The summed E-state index contributed by atoms with van der Waals surface area (Å²) >= 11 is 3.44. The lowest BCUT2D eigenvalue weighted by Crippen LogP contribution is -2.45. The quantitative estimate of drug-likeness (QED) is 0.762. The number of carbonyl (C=O) groups excluding carboxylic acids is 2. The second kappa shape index (κ2) is 6.32. The normalized spacial score (nSPS) is 17.7. The molecule has 7 heteroatoms. The van der Waals surface area contributed by atoms with Crippen LogP contribution in [0.15, 0.2) is 4.60 Å². The summed E-state index contributed by atoms with van der Waals surface area (Å²) < 4.78 is 12.8. The Labute approximate surface area is 138 Å². The van der Waals surface area contributed by atoms with Crippen LogP contribution in [0.3, 0.4) is 0 Å². The first kappa shape index (κ1) is 16.9. The van der Waals surface area contributed by atoms with Gasteiger partial charge in [-0.3, -0.25) is 4.79 Å². The predicted octanol–water partition coefficient (Wildman–Crippen LogP) is 2.86. The van der Waals surface area contributed by atoms with E-state index in [1.165, 1.54) is 7.11 Å². The fourth-order valence-electron chi connectivity index (χ4n) is 2.76. The fourth-order valence-corrected chi connectivity index (χ4v) is 3.63. The summed E-state index contributed by atoms with van der Waals surface area (Å²) in [6.45, 7) is 8.53. The van der Waals surface area contributed by atoms with Crippen LogP contribution in [0.2, 0.25) is 0 Å². The van der Waals surface area contributed by atoms with E-state index in [2.05, 4.69) is 15.9 Å². The average Bonchev–Trinajstić information content (AvgIpc) is 2.76. The van der Waals surface area contributed by atoms with Crippen LogP contribution in [-0.4, -0.2) is 47.6 Å². The van der Waals surface area contributed by atoms with E-state index in [0.29, 0.717) is 16.8 Å². The first-order chi connectivity index (χ1) is 10.3. The van der Waals surface area contributed by atoms with Gasteiger partial charge in [-0.25, -0.2) is 4.79 Å². The minimum absolute atomic E-state index is 0.0292. The molecule has 2 heterocycles. The van der Waals surface area contributed by atoms with Crippen molar-refractivity contribution < 1.29 is 19.1 Å². The summed E-state index contributed by atoms with van der Waals surface area (Å²) in [5, 5.41) is 0. The van der Waals surface area contributed by atoms with Crippen LogP contribution in [0.4, 0.5) is 0 Å². The summed E-state index contributed by atoms with van der Waals surface area (Å²) in [5.41, 5.74) is 0.662. The van der Waals surface area contributed by atoms with Crippen molar-refractivity contribution in [1.82, 2.24) is 9.47 Å². The lowest BCUT2D eigenvalue weighted by Gasteiger charge is -2.36. The van der Waals surface area contributed by atoms with Crippen molar-refractivity contribution in [2.24, 2.45) is 0 Å². The summed E-state index contributed by atoms with van der Waals surface area (Å²) in [5.74, 6) is -0.363. The van der Waals surface area contributed by atoms with Gasteiger partial charge in [0.15, 0.2) is 11.4 Å². The summed E-state index contributed by atoms with van der Waals surface area (Å²) in [4.78, 5) is 26.8. The number of hydrogen-bond donors (Lipinski definition) is 0. The maximum absolute atomic E-state index is 12.8. The van der Waals surface area contributed by atoms with Crippen molar-refractivity contribution in [3.05, 3.63) is 15.9 Å². The van der Waals surface area contributed by atoms with Crippen LogP contribution in [0.5, 0.6) is 5.75 Å². The average molecular weight is 373 g/mol. The number of esters is 1. The molecule has 1 atom stereocenters. The maximum atomic E-state index is 12.8. The summed E-state index contributed by atoms with van der Waals surface area (Å²) in [6, 6.07) is 0.106. The number of halogens is 1. The third-order valence-electron chi connectivity index (χ3n) is 3.77. The second-order valence-corrected chi connectivity index (χ2v) is 6.29. The maximum Gasteiger partial charge on any atom is 0.344 e. The number of aromatic nitrogens is 1. The van der Waals surface area contributed by atoms with Crippen LogP contribution in [0.25, 0.3) is 0 Å². The first-order valence-electron chi connectivity index (χ1n) is 7.30. The zero-order valence-corrected chi connectivity index (χ0v) is 15.1. The molecule has 0 bridgehead atoms. The Morgan fingerprint density at radius 2 is 2.09 bits per heavy atom. The van der Waals surface area contributed by atoms with Crippen molar-refractivity contribution in [2.45, 2.75) is 39.8 Å². The third kappa shape index (κ3) is 2.51. The highest BCUT2D eigenvalue weighted by Gasteiger charge is 2.39. The van der Waals surface area contributed by atoms with Gasteiger partial charge in [-0.2, -0.15) is 0 Å². The molecule has 1 aliphatic rings. The largest absolute Gasteiger partial charge is 0.493 e. The van der Waals surface area contributed by atoms with Crippen LogP contribution >= 0.6 is 15.9 Å². The monoisotopic (exact) mass is 372 g/mol. The molecule has 0 fully saturated rings. The number of hydrogen-bond acceptors (Lipinski definition) is 4. The number of rotatable bonds is 4. The molecule has 22 heavy (non-hydrogen) atoms. The Hall–Kier alpha value is -1.50. The first-order valence-corrected chi connectivity index (χ1v) is 8.10. The number of carbonyl (C=O) groups is 2. The minimum Gasteiger partial charge on any atom is -0.493 e. The van der Waals surface area contributed by atoms with Gasteiger partial charge in [-0.15, -0.1) is 0 Å². The van der Waals surface area contributed by atoms with E-state index in [1.54, 1.807) is 11.8 Å². The van der Waals surface area contributed by atoms with E-state index in [4.69, 9.17) is 9.47 Å². The Balaban J connectivity index is 2.65. The second-order valence-electron chi connectivity index (χ2n) is 5.54. The number of fused-ring (bicyclic) bond motifs is 1. The molecule has 2 rings (SSSR count). The molecule has 6 nitrogen and oxygen atoms in total. The Morgan fingerprint density at radius 3 is 2.59 bits per heavy atom. The minimum atomic E-state index is -0.496. The van der Waals surface area contributed by atoms with Gasteiger partial charge in [0, 0.05) is 18.6 Å². The lowest BCUT2D eigenvalue weighted by atomic mass is 10.1. The van der Waals surface area contributed by atoms with E-state index in [9.17, 15) is 9.59 Å². The highest BCUT2D eigenvalue weighted by atomic mass is 79.9. The van der Waals surface area contributed by atoms with Gasteiger partial charge in [-0.05, 0) is 43.6 Å². The number of nitrogens with zero attached hydrogens (tertiary/aromatic N) is 2. The standard InChI is InChI=1S/C15H21BrN2O4/c1-6-22-15(20)10-12(21-5)11-14(19)17(8(2)3)7-9(4)18(11)13(10)16/h8-9H,6-7H2,1-5H3. The Bertz CT molecular complexity index is 609. The van der Waals surface area contributed by atoms with E-state index in [1.807, 2.05) is 25.3 Å². The molecule has 1 unspecified atom stereocenters. The molecule has 0 radical (unpaired) electrons. The lowest BCUT2D eigenvalue weighted by molar-refractivity contribution is 0.0521. The van der Waals surface area contributed by atoms with E-state index in [-0.39, 0.29) is 35.9 Å². The molecular formula is C15H21BrN2O4. The van der Waals surface area contributed by atoms with Crippen LogP contribution < -0.4 is 4.74 Å². The van der Waals surface area contributed by atoms with E-state index < -0.39 is 5.97 Å². The molecule has 0 aromatic carbocycles. The number of amides is 1. The van der Waals surface area contributed by atoms with E-state index in [0.717, 1.165) is 0 Å². The predicted molar refractivity (Wildman–Crippen MR) is 85.5 cm³/mol. The SMILES string of the molecule is CCOC(=O)c1c(OC)c2n(c1Br)C(C)CN(C(C)C)C2=O. The van der Waals surface area contributed by atoms with Crippen molar-refractivity contribution in [3.8, 4) is 5.75 Å². The molecule has 1 aromatic heterocycles. The summed E-state index contributed by atoms with van der Waals surface area (Å²) in [7, 11) is 1.46.